The Morgan fingerprint density at radius 3 is 2.32 bits per heavy atom. The van der Waals surface area contributed by atoms with Crippen LogP contribution in [0, 0.1) is 5.82 Å². The largest absolute Gasteiger partial charge is 0.341 e. The standard InChI is InChI=1S/C19H21FN2OS.ClH/c20-16-8-4-5-9-17(16)24-18(14-6-2-1-3-7-14)19(23)22-12-10-15(21)11-13-22;/h1-9,15,18H,10-13,21H2;1H. The molecule has 1 saturated heterocycles. The van der Waals surface area contributed by atoms with Gasteiger partial charge in [-0.05, 0) is 30.5 Å². The summed E-state index contributed by atoms with van der Waals surface area (Å²) in [5.41, 5.74) is 6.83. The molecule has 1 aliphatic rings. The van der Waals surface area contributed by atoms with E-state index in [9.17, 15) is 9.18 Å². The van der Waals surface area contributed by atoms with Crippen LogP contribution >= 0.6 is 24.2 Å². The van der Waals surface area contributed by atoms with Gasteiger partial charge >= 0.3 is 0 Å². The maximum atomic E-state index is 14.1. The molecule has 0 aliphatic carbocycles. The van der Waals surface area contributed by atoms with Crippen LogP contribution in [-0.2, 0) is 4.79 Å². The third-order valence-electron chi connectivity index (χ3n) is 4.26. The smallest absolute Gasteiger partial charge is 0.240 e. The highest BCUT2D eigenvalue weighted by molar-refractivity contribution is 8.00. The van der Waals surface area contributed by atoms with Gasteiger partial charge in [-0.3, -0.25) is 4.79 Å². The first-order valence-corrected chi connectivity index (χ1v) is 9.03. The van der Waals surface area contributed by atoms with Crippen molar-refractivity contribution in [2.24, 2.45) is 5.73 Å². The van der Waals surface area contributed by atoms with Crippen LogP contribution in [0.3, 0.4) is 0 Å². The Morgan fingerprint density at radius 1 is 1.08 bits per heavy atom. The lowest BCUT2D eigenvalue weighted by atomic mass is 10.0. The first-order valence-electron chi connectivity index (χ1n) is 8.15. The van der Waals surface area contributed by atoms with Crippen molar-refractivity contribution in [2.45, 2.75) is 29.0 Å². The van der Waals surface area contributed by atoms with E-state index in [0.29, 0.717) is 18.0 Å². The quantitative estimate of drug-likeness (QED) is 0.814. The van der Waals surface area contributed by atoms with Gasteiger partial charge in [-0.1, -0.05) is 42.5 Å². The molecule has 1 heterocycles. The van der Waals surface area contributed by atoms with Gasteiger partial charge < -0.3 is 10.6 Å². The second-order valence-corrected chi connectivity index (χ2v) is 7.15. The van der Waals surface area contributed by atoms with Crippen LogP contribution in [0.15, 0.2) is 59.5 Å². The van der Waals surface area contributed by atoms with Crippen LogP contribution in [-0.4, -0.2) is 29.9 Å². The van der Waals surface area contributed by atoms with Crippen molar-refractivity contribution in [3.8, 4) is 0 Å². The molecule has 6 heteroatoms. The Morgan fingerprint density at radius 2 is 1.68 bits per heavy atom. The Kier molecular flexibility index (Phi) is 7.29. The summed E-state index contributed by atoms with van der Waals surface area (Å²) in [5.74, 6) is -0.266. The van der Waals surface area contributed by atoms with Gasteiger partial charge in [0.1, 0.15) is 11.1 Å². The molecular weight excluding hydrogens is 359 g/mol. The lowest BCUT2D eigenvalue weighted by molar-refractivity contribution is -0.131. The lowest BCUT2D eigenvalue weighted by Crippen LogP contribution is -2.44. The van der Waals surface area contributed by atoms with Crippen molar-refractivity contribution in [1.82, 2.24) is 4.90 Å². The number of halogens is 2. The molecule has 0 aromatic heterocycles. The summed E-state index contributed by atoms with van der Waals surface area (Å²) in [4.78, 5) is 15.4. The number of thioether (sulfide) groups is 1. The highest BCUT2D eigenvalue weighted by atomic mass is 35.5. The number of hydrogen-bond acceptors (Lipinski definition) is 3. The fourth-order valence-electron chi connectivity index (χ4n) is 2.84. The SMILES string of the molecule is Cl.NC1CCN(C(=O)C(Sc2ccccc2F)c2ccccc2)CC1. The van der Waals surface area contributed by atoms with Crippen LogP contribution in [0.25, 0.3) is 0 Å². The van der Waals surface area contributed by atoms with Crippen molar-refractivity contribution in [2.75, 3.05) is 13.1 Å². The summed E-state index contributed by atoms with van der Waals surface area (Å²) in [7, 11) is 0. The Labute approximate surface area is 158 Å². The number of nitrogens with zero attached hydrogens (tertiary/aromatic N) is 1. The second kappa shape index (κ2) is 9.22. The summed E-state index contributed by atoms with van der Waals surface area (Å²) < 4.78 is 14.1. The maximum absolute atomic E-state index is 14.1. The molecule has 2 aromatic rings. The molecule has 0 saturated carbocycles. The topological polar surface area (TPSA) is 46.3 Å². The van der Waals surface area contributed by atoms with Crippen LogP contribution < -0.4 is 5.73 Å². The van der Waals surface area contributed by atoms with E-state index in [1.807, 2.05) is 35.2 Å². The average Bonchev–Trinajstić information content (AvgIpc) is 2.62. The number of likely N-dealkylation sites (tertiary alicyclic amines) is 1. The summed E-state index contributed by atoms with van der Waals surface area (Å²) in [6.45, 7) is 1.34. The third-order valence-corrected chi connectivity index (χ3v) is 5.55. The van der Waals surface area contributed by atoms with Gasteiger partial charge in [0, 0.05) is 24.0 Å². The van der Waals surface area contributed by atoms with Gasteiger partial charge in [0.05, 0.1) is 0 Å². The molecule has 1 unspecified atom stereocenters. The number of hydrogen-bond donors (Lipinski definition) is 1. The van der Waals surface area contributed by atoms with E-state index < -0.39 is 5.25 Å². The van der Waals surface area contributed by atoms with Crippen molar-refractivity contribution >= 4 is 30.1 Å². The molecule has 25 heavy (non-hydrogen) atoms. The summed E-state index contributed by atoms with van der Waals surface area (Å²) in [6, 6.07) is 16.3. The predicted octanol–water partition coefficient (Wildman–Crippen LogP) is 4.03. The van der Waals surface area contributed by atoms with Gasteiger partial charge in [0.25, 0.3) is 0 Å². The average molecular weight is 381 g/mol. The van der Waals surface area contributed by atoms with E-state index in [1.165, 1.54) is 17.8 Å². The molecular formula is C19H22ClFN2OS. The Bertz CT molecular complexity index is 693. The van der Waals surface area contributed by atoms with Crippen LogP contribution in [0.1, 0.15) is 23.7 Å². The predicted molar refractivity (Wildman–Crippen MR) is 102 cm³/mol. The molecule has 2 aromatic carbocycles. The fourth-order valence-corrected chi connectivity index (χ4v) is 3.98. The van der Waals surface area contributed by atoms with E-state index in [4.69, 9.17) is 5.73 Å². The number of piperidine rings is 1. The van der Waals surface area contributed by atoms with E-state index >= 15 is 0 Å². The third kappa shape index (κ3) is 4.97. The highest BCUT2D eigenvalue weighted by Gasteiger charge is 2.29. The van der Waals surface area contributed by atoms with Gasteiger partial charge in [0.15, 0.2) is 0 Å². The van der Waals surface area contributed by atoms with Crippen LogP contribution in [0.5, 0.6) is 0 Å². The Balaban J connectivity index is 0.00000225. The number of carbonyl (C=O) groups excluding carboxylic acids is 1. The molecule has 3 rings (SSSR count). The zero-order valence-corrected chi connectivity index (χ0v) is 15.4. The number of carbonyl (C=O) groups is 1. The fraction of sp³-hybridized carbons (Fsp3) is 0.316. The molecule has 2 N–H and O–H groups in total. The van der Waals surface area contributed by atoms with E-state index in [0.717, 1.165) is 18.4 Å². The maximum Gasteiger partial charge on any atom is 0.240 e. The van der Waals surface area contributed by atoms with Crippen molar-refractivity contribution in [3.63, 3.8) is 0 Å². The molecule has 1 aliphatic heterocycles. The van der Waals surface area contributed by atoms with E-state index in [2.05, 4.69) is 0 Å². The first-order chi connectivity index (χ1) is 11.6. The summed E-state index contributed by atoms with van der Waals surface area (Å²) >= 11 is 1.27. The zero-order chi connectivity index (χ0) is 16.9. The lowest BCUT2D eigenvalue weighted by Gasteiger charge is -2.33. The van der Waals surface area contributed by atoms with Crippen LogP contribution in [0.2, 0.25) is 0 Å². The zero-order valence-electron chi connectivity index (χ0n) is 13.8. The normalized spacial score (nSPS) is 16.2. The molecule has 1 atom stereocenters. The number of amides is 1. The van der Waals surface area contributed by atoms with Gasteiger partial charge in [-0.25, -0.2) is 4.39 Å². The molecule has 0 radical (unpaired) electrons. The van der Waals surface area contributed by atoms with Gasteiger partial charge in [0.2, 0.25) is 5.91 Å². The van der Waals surface area contributed by atoms with Gasteiger partial charge in [-0.15, -0.1) is 24.2 Å². The minimum absolute atomic E-state index is 0. The second-order valence-electron chi connectivity index (χ2n) is 6.00. The molecule has 3 nitrogen and oxygen atoms in total. The van der Waals surface area contributed by atoms with Crippen molar-refractivity contribution < 1.29 is 9.18 Å². The van der Waals surface area contributed by atoms with E-state index in [1.54, 1.807) is 18.2 Å². The molecule has 1 amide bonds. The number of benzene rings is 2. The molecule has 0 bridgehead atoms. The summed E-state index contributed by atoms with van der Waals surface area (Å²) in [6.07, 6.45) is 1.63. The number of nitrogens with two attached hydrogens (primary N) is 1. The van der Waals surface area contributed by atoms with Gasteiger partial charge in [-0.2, -0.15) is 0 Å². The minimum Gasteiger partial charge on any atom is -0.341 e. The highest BCUT2D eigenvalue weighted by Crippen LogP contribution is 2.38. The molecule has 0 spiro atoms. The Hall–Kier alpha value is -1.56. The molecule has 134 valence electrons. The van der Waals surface area contributed by atoms with Crippen molar-refractivity contribution in [3.05, 3.63) is 66.0 Å². The minimum atomic E-state index is -0.447. The van der Waals surface area contributed by atoms with Crippen LogP contribution in [0.4, 0.5) is 4.39 Å². The first kappa shape index (κ1) is 19.8. The monoisotopic (exact) mass is 380 g/mol. The van der Waals surface area contributed by atoms with E-state index in [-0.39, 0.29) is 30.2 Å². The van der Waals surface area contributed by atoms with Crippen molar-refractivity contribution in [1.29, 1.82) is 0 Å². The summed E-state index contributed by atoms with van der Waals surface area (Å²) in [5, 5.41) is -0.447. The molecule has 1 fully saturated rings. The number of rotatable bonds is 4.